The van der Waals surface area contributed by atoms with E-state index in [1.165, 1.54) is 6.42 Å². The molecule has 5 heteroatoms. The van der Waals surface area contributed by atoms with Crippen LogP contribution < -0.4 is 10.6 Å². The monoisotopic (exact) mass is 368 g/mol. The minimum Gasteiger partial charge on any atom is -0.355 e. The second-order valence-corrected chi connectivity index (χ2v) is 5.19. The van der Waals surface area contributed by atoms with Gasteiger partial charge in [0, 0.05) is 32.2 Å². The van der Waals surface area contributed by atoms with Crippen LogP contribution in [0, 0.1) is 5.92 Å². The van der Waals surface area contributed by atoms with Crippen LogP contribution in [-0.4, -0.2) is 49.6 Å². The van der Waals surface area contributed by atoms with Crippen LogP contribution in [-0.2, 0) is 0 Å². The minimum absolute atomic E-state index is 0. The first-order chi connectivity index (χ1) is 8.08. The third kappa shape index (κ3) is 6.22. The summed E-state index contributed by atoms with van der Waals surface area (Å²) in [5.74, 6) is 1.75. The van der Waals surface area contributed by atoms with E-state index in [4.69, 9.17) is 0 Å². The van der Waals surface area contributed by atoms with Gasteiger partial charge >= 0.3 is 0 Å². The lowest BCUT2D eigenvalue weighted by Crippen LogP contribution is -2.44. The minimum atomic E-state index is 0. The Balaban J connectivity index is 0.00000289. The van der Waals surface area contributed by atoms with Crippen LogP contribution in [0.3, 0.4) is 0 Å². The Kier molecular flexibility index (Phi) is 8.94. The number of hydrogen-bond donors (Lipinski definition) is 2. The van der Waals surface area contributed by atoms with Crippen molar-refractivity contribution >= 4 is 29.9 Å². The second kappa shape index (κ2) is 8.96. The first kappa shape index (κ1) is 18.0. The van der Waals surface area contributed by atoms with Gasteiger partial charge in [0.25, 0.3) is 0 Å². The van der Waals surface area contributed by atoms with Crippen LogP contribution in [0.2, 0.25) is 0 Å². The van der Waals surface area contributed by atoms with Crippen molar-refractivity contribution < 1.29 is 0 Å². The fourth-order valence-corrected chi connectivity index (χ4v) is 1.99. The molecule has 0 radical (unpaired) electrons. The topological polar surface area (TPSA) is 39.7 Å². The van der Waals surface area contributed by atoms with E-state index in [9.17, 15) is 0 Å². The van der Waals surface area contributed by atoms with Crippen molar-refractivity contribution in [2.24, 2.45) is 10.9 Å². The van der Waals surface area contributed by atoms with Gasteiger partial charge in [-0.05, 0) is 32.7 Å². The first-order valence-corrected chi connectivity index (χ1v) is 6.79. The number of guanidine groups is 1. The average molecular weight is 368 g/mol. The van der Waals surface area contributed by atoms with Crippen molar-refractivity contribution in [1.29, 1.82) is 0 Å². The number of rotatable bonds is 6. The zero-order valence-corrected chi connectivity index (χ0v) is 14.7. The van der Waals surface area contributed by atoms with Gasteiger partial charge in [-0.15, -0.1) is 24.0 Å². The summed E-state index contributed by atoms with van der Waals surface area (Å²) >= 11 is 0. The van der Waals surface area contributed by atoms with Gasteiger partial charge in [0.2, 0.25) is 0 Å². The Morgan fingerprint density at radius 3 is 2.44 bits per heavy atom. The van der Waals surface area contributed by atoms with Crippen LogP contribution in [0.4, 0.5) is 0 Å². The van der Waals surface area contributed by atoms with Crippen LogP contribution in [0.15, 0.2) is 4.99 Å². The van der Waals surface area contributed by atoms with Crippen LogP contribution in [0.1, 0.15) is 34.1 Å². The maximum absolute atomic E-state index is 4.25. The normalized spacial score (nSPS) is 22.9. The highest BCUT2D eigenvalue weighted by Gasteiger charge is 2.33. The van der Waals surface area contributed by atoms with Gasteiger partial charge in [-0.2, -0.15) is 0 Å². The molecular formula is C13H29IN4. The average Bonchev–Trinajstić information content (AvgIpc) is 2.98. The van der Waals surface area contributed by atoms with Gasteiger partial charge in [-0.1, -0.05) is 13.8 Å². The van der Waals surface area contributed by atoms with Crippen molar-refractivity contribution in [2.45, 2.75) is 46.2 Å². The van der Waals surface area contributed by atoms with E-state index in [2.05, 4.69) is 48.2 Å². The molecule has 18 heavy (non-hydrogen) atoms. The molecule has 2 atom stereocenters. The number of nitrogens with one attached hydrogen (secondary N) is 2. The molecule has 2 unspecified atom stereocenters. The van der Waals surface area contributed by atoms with Crippen molar-refractivity contribution in [2.75, 3.05) is 26.7 Å². The number of hydrogen-bond acceptors (Lipinski definition) is 2. The highest BCUT2D eigenvalue weighted by molar-refractivity contribution is 14.0. The lowest BCUT2D eigenvalue weighted by Gasteiger charge is -2.25. The molecule has 1 rings (SSSR count). The smallest absolute Gasteiger partial charge is 0.191 e. The molecule has 0 aromatic rings. The van der Waals surface area contributed by atoms with Gasteiger partial charge in [0.15, 0.2) is 5.96 Å². The summed E-state index contributed by atoms with van der Waals surface area (Å²) in [6, 6.07) is 1.24. The number of halogens is 1. The predicted octanol–water partition coefficient (Wildman–Crippen LogP) is 1.91. The van der Waals surface area contributed by atoms with Crippen molar-refractivity contribution in [1.82, 2.24) is 15.5 Å². The summed E-state index contributed by atoms with van der Waals surface area (Å²) < 4.78 is 0. The molecule has 2 N–H and O–H groups in total. The molecule has 4 nitrogen and oxygen atoms in total. The second-order valence-electron chi connectivity index (χ2n) is 5.19. The summed E-state index contributed by atoms with van der Waals surface area (Å²) in [5, 5.41) is 6.81. The SMILES string of the molecule is CCN(CCNC(=NC)NC1CC1C)C(C)C.I. The highest BCUT2D eigenvalue weighted by Crippen LogP contribution is 2.28. The molecule has 0 spiro atoms. The summed E-state index contributed by atoms with van der Waals surface area (Å²) in [6.07, 6.45) is 1.27. The Labute approximate surface area is 129 Å². The molecule has 0 aliphatic heterocycles. The van der Waals surface area contributed by atoms with E-state index in [1.54, 1.807) is 0 Å². The quantitative estimate of drug-likeness (QED) is 0.428. The Bertz CT molecular complexity index is 255. The summed E-state index contributed by atoms with van der Waals surface area (Å²) in [4.78, 5) is 6.69. The molecule has 0 aromatic carbocycles. The van der Waals surface area contributed by atoms with Gasteiger partial charge < -0.3 is 10.6 Å². The summed E-state index contributed by atoms with van der Waals surface area (Å²) in [7, 11) is 1.84. The van der Waals surface area contributed by atoms with Crippen LogP contribution in [0.5, 0.6) is 0 Å². The lowest BCUT2D eigenvalue weighted by atomic mass is 10.3. The molecule has 1 fully saturated rings. The molecule has 0 aromatic heterocycles. The largest absolute Gasteiger partial charge is 0.355 e. The van der Waals surface area contributed by atoms with E-state index in [1.807, 2.05) is 7.05 Å². The molecule has 0 bridgehead atoms. The van der Waals surface area contributed by atoms with E-state index in [0.29, 0.717) is 12.1 Å². The number of aliphatic imine (C=N–C) groups is 1. The van der Waals surface area contributed by atoms with Gasteiger partial charge in [0.1, 0.15) is 0 Å². The first-order valence-electron chi connectivity index (χ1n) is 6.79. The van der Waals surface area contributed by atoms with Gasteiger partial charge in [-0.25, -0.2) is 0 Å². The van der Waals surface area contributed by atoms with Crippen molar-refractivity contribution in [3.63, 3.8) is 0 Å². The Hall–Kier alpha value is -0.0400. The third-order valence-corrected chi connectivity index (χ3v) is 3.48. The molecule has 0 amide bonds. The highest BCUT2D eigenvalue weighted by atomic mass is 127. The van der Waals surface area contributed by atoms with E-state index in [0.717, 1.165) is 31.5 Å². The van der Waals surface area contributed by atoms with Crippen LogP contribution >= 0.6 is 24.0 Å². The van der Waals surface area contributed by atoms with E-state index >= 15 is 0 Å². The Morgan fingerprint density at radius 1 is 1.44 bits per heavy atom. The maximum atomic E-state index is 4.25. The zero-order chi connectivity index (χ0) is 12.8. The van der Waals surface area contributed by atoms with E-state index < -0.39 is 0 Å². The maximum Gasteiger partial charge on any atom is 0.191 e. The Morgan fingerprint density at radius 2 is 2.06 bits per heavy atom. The fraction of sp³-hybridized carbons (Fsp3) is 0.923. The molecule has 0 saturated heterocycles. The molecule has 1 aliphatic carbocycles. The van der Waals surface area contributed by atoms with Crippen molar-refractivity contribution in [3.05, 3.63) is 0 Å². The zero-order valence-electron chi connectivity index (χ0n) is 12.4. The molecule has 108 valence electrons. The van der Waals surface area contributed by atoms with Crippen molar-refractivity contribution in [3.8, 4) is 0 Å². The number of likely N-dealkylation sites (N-methyl/N-ethyl adjacent to an activating group) is 1. The van der Waals surface area contributed by atoms with Crippen LogP contribution in [0.25, 0.3) is 0 Å². The third-order valence-electron chi connectivity index (χ3n) is 3.48. The standard InChI is InChI=1S/C13H28N4.HI/c1-6-17(10(2)3)8-7-15-13(14-5)16-12-9-11(12)4;/h10-12H,6-9H2,1-5H3,(H2,14,15,16);1H. The van der Waals surface area contributed by atoms with Gasteiger partial charge in [-0.3, -0.25) is 9.89 Å². The van der Waals surface area contributed by atoms with Gasteiger partial charge in [0.05, 0.1) is 0 Å². The molecular weight excluding hydrogens is 339 g/mol. The lowest BCUT2D eigenvalue weighted by molar-refractivity contribution is 0.237. The summed E-state index contributed by atoms with van der Waals surface area (Å²) in [5.41, 5.74) is 0. The molecule has 1 saturated carbocycles. The fourth-order valence-electron chi connectivity index (χ4n) is 1.99. The predicted molar refractivity (Wildman–Crippen MR) is 89.9 cm³/mol. The molecule has 0 heterocycles. The molecule has 1 aliphatic rings. The summed E-state index contributed by atoms with van der Waals surface area (Å²) in [6.45, 7) is 12.1. The van der Waals surface area contributed by atoms with E-state index in [-0.39, 0.29) is 24.0 Å². The number of nitrogens with zero attached hydrogens (tertiary/aromatic N) is 2.